The Morgan fingerprint density at radius 3 is 2.79 bits per heavy atom. The molecule has 0 saturated heterocycles. The summed E-state index contributed by atoms with van der Waals surface area (Å²) < 4.78 is 5.43. The Balaban J connectivity index is 2.54. The van der Waals surface area contributed by atoms with Crippen LogP contribution in [0.2, 0.25) is 13.6 Å². The summed E-state index contributed by atoms with van der Waals surface area (Å²) in [7, 11) is 1.80. The third-order valence-electron chi connectivity index (χ3n) is 2.29. The molecule has 0 radical (unpaired) electrons. The molecule has 1 heterocycles. The van der Waals surface area contributed by atoms with Crippen LogP contribution in [-0.2, 0) is 0 Å². The lowest BCUT2D eigenvalue weighted by atomic mass is 9.49. The van der Waals surface area contributed by atoms with Crippen molar-refractivity contribution in [1.29, 1.82) is 0 Å². The number of rotatable bonds is 2. The number of benzene rings is 1. The van der Waals surface area contributed by atoms with Gasteiger partial charge in [0, 0.05) is 7.05 Å². The molecule has 72 valence electrons. The van der Waals surface area contributed by atoms with E-state index >= 15 is 0 Å². The Morgan fingerprint density at radius 2 is 2.14 bits per heavy atom. The minimum atomic E-state index is 0.522. The molecular weight excluding hydrogens is 175 g/mol. The van der Waals surface area contributed by atoms with Crippen molar-refractivity contribution in [3.63, 3.8) is 0 Å². The highest BCUT2D eigenvalue weighted by Crippen LogP contribution is 2.16. The molecule has 0 aliphatic carbocycles. The molecule has 2 aromatic rings. The molecule has 3 nitrogen and oxygen atoms in total. The Labute approximate surface area is 83.6 Å². The molecule has 1 N–H and O–H groups in total. The lowest BCUT2D eigenvalue weighted by Crippen LogP contribution is -2.21. The number of hydrogen-bond acceptors (Lipinski definition) is 3. The fourth-order valence-electron chi connectivity index (χ4n) is 1.41. The summed E-state index contributed by atoms with van der Waals surface area (Å²) >= 11 is 0. The maximum atomic E-state index is 5.43. The molecule has 0 saturated carbocycles. The van der Waals surface area contributed by atoms with E-state index in [1.54, 1.807) is 7.05 Å². The summed E-state index contributed by atoms with van der Waals surface area (Å²) in [6, 6.07) is 6.70. The van der Waals surface area contributed by atoms with Gasteiger partial charge in [0.15, 0.2) is 12.3 Å². The van der Waals surface area contributed by atoms with Crippen LogP contribution >= 0.6 is 0 Å². The quantitative estimate of drug-likeness (QED) is 0.730. The lowest BCUT2D eigenvalue weighted by molar-refractivity contribution is 0.620. The van der Waals surface area contributed by atoms with Gasteiger partial charge in [-0.2, -0.15) is 4.98 Å². The van der Waals surface area contributed by atoms with Crippen molar-refractivity contribution in [2.45, 2.75) is 13.6 Å². The average molecular weight is 188 g/mol. The highest BCUT2D eigenvalue weighted by Gasteiger charge is 2.07. The first-order chi connectivity index (χ1) is 6.70. The SMILES string of the molecule is CNc1nc2cc(B(C)C)ccc2o1. The molecule has 0 atom stereocenters. The first-order valence-corrected chi connectivity index (χ1v) is 4.79. The summed E-state index contributed by atoms with van der Waals surface area (Å²) in [5, 5.41) is 2.89. The van der Waals surface area contributed by atoms with Gasteiger partial charge in [-0.25, -0.2) is 0 Å². The Kier molecular flexibility index (Phi) is 2.19. The molecule has 0 fully saturated rings. The number of fused-ring (bicyclic) bond motifs is 1. The highest BCUT2D eigenvalue weighted by molar-refractivity contribution is 6.70. The molecule has 1 aromatic carbocycles. The summed E-state index contributed by atoms with van der Waals surface area (Å²) in [5.74, 6) is 0. The molecule has 0 bridgehead atoms. The minimum absolute atomic E-state index is 0.522. The van der Waals surface area contributed by atoms with E-state index in [2.05, 4.69) is 36.1 Å². The molecule has 0 aliphatic heterocycles. The van der Waals surface area contributed by atoms with Crippen LogP contribution in [0.4, 0.5) is 6.01 Å². The summed E-state index contributed by atoms with van der Waals surface area (Å²) in [6.45, 7) is 4.86. The molecule has 4 heteroatoms. The monoisotopic (exact) mass is 188 g/mol. The average Bonchev–Trinajstić information content (AvgIpc) is 2.58. The van der Waals surface area contributed by atoms with Gasteiger partial charge in [-0.3, -0.25) is 0 Å². The van der Waals surface area contributed by atoms with Crippen molar-refractivity contribution in [3.8, 4) is 0 Å². The Bertz CT molecular complexity index is 450. The van der Waals surface area contributed by atoms with Gasteiger partial charge in [0.25, 0.3) is 6.01 Å². The van der Waals surface area contributed by atoms with Crippen molar-refractivity contribution in [2.75, 3.05) is 12.4 Å². The fourth-order valence-corrected chi connectivity index (χ4v) is 1.41. The van der Waals surface area contributed by atoms with Crippen molar-refractivity contribution >= 4 is 29.3 Å². The smallest absolute Gasteiger partial charge is 0.295 e. The summed E-state index contributed by atoms with van der Waals surface area (Å²) in [4.78, 5) is 4.30. The van der Waals surface area contributed by atoms with Crippen molar-refractivity contribution in [2.24, 2.45) is 0 Å². The number of nitrogens with zero attached hydrogens (tertiary/aromatic N) is 1. The third kappa shape index (κ3) is 1.48. The van der Waals surface area contributed by atoms with Crippen LogP contribution in [0, 0.1) is 0 Å². The predicted molar refractivity (Wildman–Crippen MR) is 60.7 cm³/mol. The molecule has 0 amide bonds. The second-order valence-corrected chi connectivity index (χ2v) is 3.65. The largest absolute Gasteiger partial charge is 0.424 e. The topological polar surface area (TPSA) is 38.1 Å². The molecule has 2 rings (SSSR count). The maximum Gasteiger partial charge on any atom is 0.295 e. The zero-order valence-corrected chi connectivity index (χ0v) is 8.66. The van der Waals surface area contributed by atoms with Gasteiger partial charge in [0.1, 0.15) is 5.52 Å². The van der Waals surface area contributed by atoms with E-state index in [4.69, 9.17) is 4.42 Å². The van der Waals surface area contributed by atoms with E-state index in [0.717, 1.165) is 11.1 Å². The van der Waals surface area contributed by atoms with E-state index in [0.29, 0.717) is 12.7 Å². The molecule has 0 aliphatic rings. The molecule has 0 unspecified atom stereocenters. The number of hydrogen-bond donors (Lipinski definition) is 1. The molecule has 14 heavy (non-hydrogen) atoms. The molecule has 0 spiro atoms. The summed E-state index contributed by atoms with van der Waals surface area (Å²) in [5.41, 5.74) is 3.03. The van der Waals surface area contributed by atoms with Gasteiger partial charge in [0.05, 0.1) is 0 Å². The Morgan fingerprint density at radius 1 is 1.36 bits per heavy atom. The van der Waals surface area contributed by atoms with Gasteiger partial charge in [0.2, 0.25) is 0 Å². The van der Waals surface area contributed by atoms with Crippen LogP contribution in [0.3, 0.4) is 0 Å². The van der Waals surface area contributed by atoms with Crippen molar-refractivity contribution < 1.29 is 4.42 Å². The van der Waals surface area contributed by atoms with E-state index in [1.807, 2.05) is 6.07 Å². The van der Waals surface area contributed by atoms with E-state index in [1.165, 1.54) is 5.46 Å². The van der Waals surface area contributed by atoms with Gasteiger partial charge >= 0.3 is 0 Å². The fraction of sp³-hybridized carbons (Fsp3) is 0.300. The second kappa shape index (κ2) is 3.37. The van der Waals surface area contributed by atoms with E-state index < -0.39 is 0 Å². The number of anilines is 1. The predicted octanol–water partition coefficient (Wildman–Crippen LogP) is 1.83. The normalized spacial score (nSPS) is 10.5. The van der Waals surface area contributed by atoms with E-state index in [-0.39, 0.29) is 0 Å². The van der Waals surface area contributed by atoms with Crippen LogP contribution in [-0.4, -0.2) is 18.7 Å². The van der Waals surface area contributed by atoms with Crippen LogP contribution < -0.4 is 10.8 Å². The minimum Gasteiger partial charge on any atom is -0.424 e. The van der Waals surface area contributed by atoms with Gasteiger partial charge in [-0.05, 0) is 12.1 Å². The third-order valence-corrected chi connectivity index (χ3v) is 2.29. The standard InChI is InChI=1S/C10H13BN2O/c1-11(2)7-4-5-9-8(6-7)13-10(12-3)14-9/h4-6H,1-3H3,(H,12,13). The van der Waals surface area contributed by atoms with Gasteiger partial charge in [-0.15, -0.1) is 0 Å². The number of oxazole rings is 1. The highest BCUT2D eigenvalue weighted by atomic mass is 16.4. The number of nitrogens with one attached hydrogen (secondary N) is 1. The first-order valence-electron chi connectivity index (χ1n) is 4.79. The number of aromatic nitrogens is 1. The van der Waals surface area contributed by atoms with Crippen molar-refractivity contribution in [3.05, 3.63) is 18.2 Å². The zero-order valence-electron chi connectivity index (χ0n) is 8.66. The summed E-state index contributed by atoms with van der Waals surface area (Å²) in [6.07, 6.45) is 0. The van der Waals surface area contributed by atoms with Gasteiger partial charge in [-0.1, -0.05) is 25.2 Å². The molecule has 1 aromatic heterocycles. The van der Waals surface area contributed by atoms with Gasteiger partial charge < -0.3 is 9.73 Å². The molecular formula is C10H13BN2O. The van der Waals surface area contributed by atoms with Crippen molar-refractivity contribution in [1.82, 2.24) is 4.98 Å². The lowest BCUT2D eigenvalue weighted by Gasteiger charge is -1.99. The van der Waals surface area contributed by atoms with Crippen LogP contribution in [0.1, 0.15) is 0 Å². The second-order valence-electron chi connectivity index (χ2n) is 3.65. The van der Waals surface area contributed by atoms with Crippen LogP contribution in [0.5, 0.6) is 0 Å². The zero-order chi connectivity index (χ0) is 10.1. The first kappa shape index (κ1) is 9.12. The maximum absolute atomic E-state index is 5.43. The Hall–Kier alpha value is -1.45. The van der Waals surface area contributed by atoms with Crippen LogP contribution in [0.15, 0.2) is 22.6 Å². The van der Waals surface area contributed by atoms with E-state index in [9.17, 15) is 0 Å². The van der Waals surface area contributed by atoms with Crippen LogP contribution in [0.25, 0.3) is 11.1 Å².